The standard InChI is InChI=1S/C20H11Cl3N8O/c21-10-5-9(7-24)17(23)15(6-10)32-19-12(22)2-3-14-18(19)28-30-31(14)8-13-11-1-4-16(25)26-20(11)29-27-13/h1-6H,8H2,(H3,25,26,27,29). The van der Waals surface area contributed by atoms with Gasteiger partial charge in [0.15, 0.2) is 16.9 Å². The zero-order valence-corrected chi connectivity index (χ0v) is 18.2. The molecule has 0 saturated carbocycles. The molecule has 0 aliphatic rings. The number of nitrogens with zero attached hydrogens (tertiary/aromatic N) is 6. The number of rotatable bonds is 4. The van der Waals surface area contributed by atoms with E-state index in [1.165, 1.54) is 12.1 Å². The van der Waals surface area contributed by atoms with Crippen LogP contribution in [-0.4, -0.2) is 30.2 Å². The summed E-state index contributed by atoms with van der Waals surface area (Å²) in [5.74, 6) is 0.820. The first-order valence-electron chi connectivity index (χ1n) is 9.12. The van der Waals surface area contributed by atoms with E-state index in [9.17, 15) is 5.26 Å². The number of aromatic nitrogens is 6. The monoisotopic (exact) mass is 484 g/mol. The van der Waals surface area contributed by atoms with Gasteiger partial charge >= 0.3 is 0 Å². The van der Waals surface area contributed by atoms with Crippen LogP contribution in [0.5, 0.6) is 11.5 Å². The number of nitrogen functional groups attached to an aromatic ring is 1. The summed E-state index contributed by atoms with van der Waals surface area (Å²) in [6.07, 6.45) is 0. The van der Waals surface area contributed by atoms with Gasteiger partial charge in [-0.25, -0.2) is 9.67 Å². The molecular formula is C20H11Cl3N8O. The summed E-state index contributed by atoms with van der Waals surface area (Å²) in [4.78, 5) is 4.22. The van der Waals surface area contributed by atoms with Crippen molar-refractivity contribution in [2.24, 2.45) is 0 Å². The molecule has 0 spiro atoms. The zero-order chi connectivity index (χ0) is 22.4. The van der Waals surface area contributed by atoms with Gasteiger partial charge in [0.05, 0.1) is 28.3 Å². The van der Waals surface area contributed by atoms with Crippen molar-refractivity contribution in [3.63, 3.8) is 0 Å². The largest absolute Gasteiger partial charge is 0.452 e. The van der Waals surface area contributed by atoms with Gasteiger partial charge < -0.3 is 10.5 Å². The highest BCUT2D eigenvalue weighted by molar-refractivity contribution is 6.35. The van der Waals surface area contributed by atoms with Gasteiger partial charge in [0.2, 0.25) is 0 Å². The van der Waals surface area contributed by atoms with E-state index in [1.807, 2.05) is 12.1 Å². The third kappa shape index (κ3) is 3.44. The summed E-state index contributed by atoms with van der Waals surface area (Å²) in [6, 6.07) is 11.9. The molecule has 5 aromatic rings. The number of hydrogen-bond donors (Lipinski definition) is 2. The molecule has 0 fully saturated rings. The fourth-order valence-corrected chi connectivity index (χ4v) is 3.86. The van der Waals surface area contributed by atoms with Crippen molar-refractivity contribution in [3.05, 3.63) is 62.7 Å². The Balaban J connectivity index is 1.56. The SMILES string of the molecule is N#Cc1cc(Cl)cc(Oc2c(Cl)ccc3c2nnn3Cc2n[nH]c3nc(N)ccc23)c1Cl. The van der Waals surface area contributed by atoms with Crippen LogP contribution >= 0.6 is 34.8 Å². The van der Waals surface area contributed by atoms with Gasteiger partial charge in [-0.2, -0.15) is 10.4 Å². The van der Waals surface area contributed by atoms with Crippen molar-refractivity contribution >= 4 is 62.7 Å². The fourth-order valence-electron chi connectivity index (χ4n) is 3.27. The Labute approximate surface area is 195 Å². The Hall–Kier alpha value is -3.58. The minimum atomic E-state index is 0.118. The first-order valence-corrected chi connectivity index (χ1v) is 10.3. The van der Waals surface area contributed by atoms with Crippen molar-refractivity contribution in [2.75, 3.05) is 5.73 Å². The summed E-state index contributed by atoms with van der Waals surface area (Å²) in [7, 11) is 0. The van der Waals surface area contributed by atoms with Gasteiger partial charge in [0, 0.05) is 16.5 Å². The Morgan fingerprint density at radius 2 is 2.00 bits per heavy atom. The topological polar surface area (TPSA) is 131 Å². The van der Waals surface area contributed by atoms with Gasteiger partial charge in [0.25, 0.3) is 0 Å². The lowest BCUT2D eigenvalue weighted by molar-refractivity contribution is 0.487. The average molecular weight is 486 g/mol. The minimum Gasteiger partial charge on any atom is -0.452 e. The number of aromatic amines is 1. The van der Waals surface area contributed by atoms with Crippen molar-refractivity contribution < 1.29 is 4.74 Å². The summed E-state index contributed by atoms with van der Waals surface area (Å²) < 4.78 is 7.61. The van der Waals surface area contributed by atoms with E-state index in [0.717, 1.165) is 5.39 Å². The third-order valence-electron chi connectivity index (χ3n) is 4.75. The number of ether oxygens (including phenoxy) is 1. The van der Waals surface area contributed by atoms with Crippen LogP contribution in [0, 0.1) is 11.3 Å². The molecule has 3 N–H and O–H groups in total. The lowest BCUT2D eigenvalue weighted by Gasteiger charge is -2.11. The number of H-pyrrole nitrogens is 1. The molecule has 0 atom stereocenters. The van der Waals surface area contributed by atoms with E-state index in [4.69, 9.17) is 45.3 Å². The van der Waals surface area contributed by atoms with E-state index in [1.54, 1.807) is 22.9 Å². The summed E-state index contributed by atoms with van der Waals surface area (Å²) in [5, 5.41) is 26.4. The fraction of sp³-hybridized carbons (Fsp3) is 0.0500. The molecule has 0 radical (unpaired) electrons. The van der Waals surface area contributed by atoms with Gasteiger partial charge in [-0.05, 0) is 30.3 Å². The highest BCUT2D eigenvalue weighted by atomic mass is 35.5. The smallest absolute Gasteiger partial charge is 0.175 e. The van der Waals surface area contributed by atoms with Gasteiger partial charge in [-0.15, -0.1) is 5.10 Å². The Morgan fingerprint density at radius 3 is 2.81 bits per heavy atom. The van der Waals surface area contributed by atoms with Gasteiger partial charge in [-0.1, -0.05) is 40.0 Å². The van der Waals surface area contributed by atoms with Crippen LogP contribution in [0.15, 0.2) is 36.4 Å². The molecule has 9 nitrogen and oxygen atoms in total. The first-order chi connectivity index (χ1) is 15.4. The number of anilines is 1. The predicted octanol–water partition coefficient (Wildman–Crippen LogP) is 4.96. The molecule has 5 rings (SSSR count). The lowest BCUT2D eigenvalue weighted by atomic mass is 10.2. The minimum absolute atomic E-state index is 0.118. The maximum Gasteiger partial charge on any atom is 0.175 e. The van der Waals surface area contributed by atoms with Crippen LogP contribution in [0.4, 0.5) is 5.82 Å². The van der Waals surface area contributed by atoms with Gasteiger partial charge in [-0.3, -0.25) is 5.10 Å². The van der Waals surface area contributed by atoms with Crippen LogP contribution in [0.2, 0.25) is 15.1 Å². The van der Waals surface area contributed by atoms with Crippen LogP contribution < -0.4 is 10.5 Å². The van der Waals surface area contributed by atoms with Crippen LogP contribution in [0.25, 0.3) is 22.1 Å². The predicted molar refractivity (Wildman–Crippen MR) is 121 cm³/mol. The van der Waals surface area contributed by atoms with Gasteiger partial charge in [0.1, 0.15) is 22.7 Å². The van der Waals surface area contributed by atoms with E-state index in [-0.39, 0.29) is 22.1 Å². The number of halogens is 3. The maximum atomic E-state index is 9.26. The second-order valence-corrected chi connectivity index (χ2v) is 7.99. The Morgan fingerprint density at radius 1 is 1.16 bits per heavy atom. The molecule has 0 saturated heterocycles. The van der Waals surface area contributed by atoms with E-state index < -0.39 is 0 Å². The molecule has 2 aromatic carbocycles. The molecule has 0 bridgehead atoms. The molecule has 158 valence electrons. The molecule has 3 heterocycles. The molecule has 12 heteroatoms. The summed E-state index contributed by atoms with van der Waals surface area (Å²) >= 11 is 18.8. The van der Waals surface area contributed by atoms with Crippen molar-refractivity contribution in [2.45, 2.75) is 6.54 Å². The Bertz CT molecular complexity index is 1550. The molecule has 0 aliphatic carbocycles. The van der Waals surface area contributed by atoms with E-state index in [2.05, 4.69) is 25.5 Å². The number of fused-ring (bicyclic) bond motifs is 2. The average Bonchev–Trinajstić information content (AvgIpc) is 3.36. The number of benzene rings is 2. The Kier molecular flexibility index (Phi) is 4.98. The summed E-state index contributed by atoms with van der Waals surface area (Å²) in [5.41, 5.74) is 8.27. The summed E-state index contributed by atoms with van der Waals surface area (Å²) in [6.45, 7) is 0.319. The zero-order valence-electron chi connectivity index (χ0n) is 16.0. The molecule has 3 aromatic heterocycles. The van der Waals surface area contributed by atoms with E-state index >= 15 is 0 Å². The quantitative estimate of drug-likeness (QED) is 0.368. The first kappa shape index (κ1) is 20.3. The second kappa shape index (κ2) is 7.84. The number of nitrogens with one attached hydrogen (secondary N) is 1. The molecule has 0 amide bonds. The van der Waals surface area contributed by atoms with Crippen LogP contribution in [-0.2, 0) is 6.54 Å². The molecule has 0 unspecified atom stereocenters. The molecule has 32 heavy (non-hydrogen) atoms. The number of pyridine rings is 1. The normalized spacial score (nSPS) is 11.2. The van der Waals surface area contributed by atoms with Crippen molar-refractivity contribution in [1.82, 2.24) is 30.2 Å². The number of nitrogens with two attached hydrogens (primary N) is 1. The second-order valence-electron chi connectivity index (χ2n) is 6.77. The number of hydrogen-bond acceptors (Lipinski definition) is 7. The van der Waals surface area contributed by atoms with Crippen LogP contribution in [0.1, 0.15) is 11.3 Å². The maximum absolute atomic E-state index is 9.26. The molecule has 0 aliphatic heterocycles. The third-order valence-corrected chi connectivity index (χ3v) is 5.66. The van der Waals surface area contributed by atoms with E-state index in [0.29, 0.717) is 44.8 Å². The number of nitriles is 1. The van der Waals surface area contributed by atoms with Crippen molar-refractivity contribution in [1.29, 1.82) is 5.26 Å². The van der Waals surface area contributed by atoms with Crippen LogP contribution in [0.3, 0.4) is 0 Å². The van der Waals surface area contributed by atoms with Crippen molar-refractivity contribution in [3.8, 4) is 17.6 Å². The highest BCUT2D eigenvalue weighted by Gasteiger charge is 2.19. The highest BCUT2D eigenvalue weighted by Crippen LogP contribution is 2.40. The lowest BCUT2D eigenvalue weighted by Crippen LogP contribution is -2.02. The molecular weight excluding hydrogens is 475 g/mol.